The number of amides is 2. The van der Waals surface area contributed by atoms with Crippen molar-refractivity contribution in [2.45, 2.75) is 51.4 Å². The number of piperazine rings is 1. The van der Waals surface area contributed by atoms with E-state index in [0.29, 0.717) is 13.1 Å². The third-order valence-corrected chi connectivity index (χ3v) is 6.72. The largest absolute Gasteiger partial charge is 0.494 e. The second kappa shape index (κ2) is 10.3. The summed E-state index contributed by atoms with van der Waals surface area (Å²) in [6.45, 7) is 5.66. The molecule has 30 heavy (non-hydrogen) atoms. The quantitative estimate of drug-likeness (QED) is 0.644. The van der Waals surface area contributed by atoms with Crippen molar-refractivity contribution < 1.29 is 14.3 Å². The van der Waals surface area contributed by atoms with Crippen LogP contribution in [0, 0.1) is 5.92 Å². The van der Waals surface area contributed by atoms with E-state index in [1.54, 1.807) is 9.80 Å². The lowest BCUT2D eigenvalue weighted by atomic mass is 10.1. The van der Waals surface area contributed by atoms with Gasteiger partial charge in [0.25, 0.3) is 0 Å². The number of hydrogen-bond acceptors (Lipinski definition) is 4. The molecule has 2 aliphatic heterocycles. The van der Waals surface area contributed by atoms with Crippen LogP contribution in [0.4, 0.5) is 5.69 Å². The van der Waals surface area contributed by atoms with Crippen LogP contribution in [-0.4, -0.2) is 67.5 Å². The van der Waals surface area contributed by atoms with Crippen LogP contribution in [0.3, 0.4) is 0 Å². The lowest BCUT2D eigenvalue weighted by Gasteiger charge is -2.35. The molecule has 3 aliphatic rings. The first-order chi connectivity index (χ1) is 14.7. The molecule has 0 atom stereocenters. The minimum atomic E-state index is 0.00259. The predicted octanol–water partition coefficient (Wildman–Crippen LogP) is 3.31. The van der Waals surface area contributed by atoms with Crippen molar-refractivity contribution in [2.24, 2.45) is 5.92 Å². The normalized spacial score (nSPS) is 21.3. The summed E-state index contributed by atoms with van der Waals surface area (Å²) in [6.07, 6.45) is 9.28. The molecular formula is C24H35N3O3. The maximum Gasteiger partial charge on any atom is 0.246 e. The van der Waals surface area contributed by atoms with Gasteiger partial charge in [0.1, 0.15) is 12.3 Å². The fourth-order valence-corrected chi connectivity index (χ4v) is 4.95. The Morgan fingerprint density at radius 3 is 2.37 bits per heavy atom. The summed E-state index contributed by atoms with van der Waals surface area (Å²) in [4.78, 5) is 31.3. The minimum Gasteiger partial charge on any atom is -0.494 e. The highest BCUT2D eigenvalue weighted by molar-refractivity contribution is 5.98. The highest BCUT2D eigenvalue weighted by atomic mass is 16.5. The molecular weight excluding hydrogens is 378 g/mol. The number of carbonyl (C=O) groups is 2. The second-order valence-corrected chi connectivity index (χ2v) is 8.88. The number of benzene rings is 1. The summed E-state index contributed by atoms with van der Waals surface area (Å²) in [5, 5.41) is 0. The Morgan fingerprint density at radius 1 is 0.933 bits per heavy atom. The topological polar surface area (TPSA) is 53.1 Å². The average molecular weight is 414 g/mol. The molecule has 0 bridgehead atoms. The van der Waals surface area contributed by atoms with Crippen LogP contribution in [0.5, 0.6) is 5.75 Å². The van der Waals surface area contributed by atoms with Gasteiger partial charge in [-0.15, -0.1) is 0 Å². The van der Waals surface area contributed by atoms with Crippen LogP contribution in [-0.2, 0) is 9.59 Å². The van der Waals surface area contributed by atoms with E-state index in [0.717, 1.165) is 56.7 Å². The van der Waals surface area contributed by atoms with Gasteiger partial charge in [0, 0.05) is 31.2 Å². The molecule has 2 heterocycles. The zero-order chi connectivity index (χ0) is 20.8. The van der Waals surface area contributed by atoms with Crippen molar-refractivity contribution in [1.29, 1.82) is 0 Å². The summed E-state index contributed by atoms with van der Waals surface area (Å²) in [6, 6.07) is 7.79. The molecule has 6 heteroatoms. The smallest absolute Gasteiger partial charge is 0.246 e. The standard InChI is InChI=1S/C24H35N3O3/c28-23-19-26(24(29)20-7-2-3-8-20)16-17-27(23)21-9-11-22(12-10-21)30-18-6-15-25-13-4-1-5-14-25/h9-12,20H,1-8,13-19H2. The second-order valence-electron chi connectivity index (χ2n) is 8.88. The van der Waals surface area contributed by atoms with Gasteiger partial charge in [0.15, 0.2) is 0 Å². The fraction of sp³-hybridized carbons (Fsp3) is 0.667. The van der Waals surface area contributed by atoms with E-state index in [2.05, 4.69) is 4.90 Å². The Morgan fingerprint density at radius 2 is 1.67 bits per heavy atom. The molecule has 1 aromatic carbocycles. The lowest BCUT2D eigenvalue weighted by Crippen LogP contribution is -2.53. The zero-order valence-corrected chi connectivity index (χ0v) is 18.1. The van der Waals surface area contributed by atoms with Crippen LogP contribution < -0.4 is 9.64 Å². The van der Waals surface area contributed by atoms with Crippen molar-refractivity contribution in [3.8, 4) is 5.75 Å². The van der Waals surface area contributed by atoms with E-state index >= 15 is 0 Å². The van der Waals surface area contributed by atoms with E-state index in [1.807, 2.05) is 24.3 Å². The number of hydrogen-bond donors (Lipinski definition) is 0. The van der Waals surface area contributed by atoms with Crippen LogP contribution >= 0.6 is 0 Å². The summed E-state index contributed by atoms with van der Waals surface area (Å²) in [5.74, 6) is 1.16. The monoisotopic (exact) mass is 413 g/mol. The first-order valence-electron chi connectivity index (χ1n) is 11.7. The Labute approximate surface area is 180 Å². The van der Waals surface area contributed by atoms with Gasteiger partial charge in [-0.25, -0.2) is 0 Å². The summed E-state index contributed by atoms with van der Waals surface area (Å²) in [7, 11) is 0. The summed E-state index contributed by atoms with van der Waals surface area (Å²) >= 11 is 0. The first-order valence-corrected chi connectivity index (χ1v) is 11.7. The van der Waals surface area contributed by atoms with E-state index in [4.69, 9.17) is 4.74 Å². The molecule has 1 aliphatic carbocycles. The lowest BCUT2D eigenvalue weighted by molar-refractivity contribution is -0.140. The van der Waals surface area contributed by atoms with E-state index in [9.17, 15) is 9.59 Å². The molecule has 1 aromatic rings. The number of piperidine rings is 1. The van der Waals surface area contributed by atoms with E-state index in [-0.39, 0.29) is 24.3 Å². The SMILES string of the molecule is O=C(C1CCCC1)N1CCN(c2ccc(OCCCN3CCCCC3)cc2)C(=O)C1. The molecule has 3 fully saturated rings. The first kappa shape index (κ1) is 21.2. The molecule has 1 saturated carbocycles. The predicted molar refractivity (Wildman–Crippen MR) is 118 cm³/mol. The van der Waals surface area contributed by atoms with Crippen molar-refractivity contribution in [2.75, 3.05) is 50.8 Å². The molecule has 0 N–H and O–H groups in total. The molecule has 2 amide bonds. The molecule has 4 rings (SSSR count). The molecule has 0 radical (unpaired) electrons. The number of rotatable bonds is 7. The number of carbonyl (C=O) groups excluding carboxylic acids is 2. The van der Waals surface area contributed by atoms with E-state index < -0.39 is 0 Å². The van der Waals surface area contributed by atoms with Crippen LogP contribution in [0.15, 0.2) is 24.3 Å². The molecule has 6 nitrogen and oxygen atoms in total. The minimum absolute atomic E-state index is 0.00259. The third kappa shape index (κ3) is 5.34. The van der Waals surface area contributed by atoms with Gasteiger partial charge in [-0.3, -0.25) is 9.59 Å². The summed E-state index contributed by atoms with van der Waals surface area (Å²) in [5.41, 5.74) is 0.883. The Bertz CT molecular complexity index is 709. The Kier molecular flexibility index (Phi) is 7.26. The van der Waals surface area contributed by atoms with Crippen molar-refractivity contribution in [3.63, 3.8) is 0 Å². The van der Waals surface area contributed by atoms with Crippen LogP contribution in [0.1, 0.15) is 51.4 Å². The van der Waals surface area contributed by atoms with Gasteiger partial charge in [0.2, 0.25) is 11.8 Å². The maximum absolute atomic E-state index is 12.7. The third-order valence-electron chi connectivity index (χ3n) is 6.72. The van der Waals surface area contributed by atoms with Crippen LogP contribution in [0.2, 0.25) is 0 Å². The molecule has 0 unspecified atom stereocenters. The average Bonchev–Trinajstić information content (AvgIpc) is 3.32. The Balaban J connectivity index is 1.22. The van der Waals surface area contributed by atoms with Gasteiger partial charge in [-0.05, 0) is 69.5 Å². The highest BCUT2D eigenvalue weighted by Gasteiger charge is 2.32. The number of anilines is 1. The van der Waals surface area contributed by atoms with Crippen molar-refractivity contribution in [3.05, 3.63) is 24.3 Å². The number of nitrogens with zero attached hydrogens (tertiary/aromatic N) is 3. The van der Waals surface area contributed by atoms with Gasteiger partial charge in [-0.1, -0.05) is 19.3 Å². The van der Waals surface area contributed by atoms with Gasteiger partial charge >= 0.3 is 0 Å². The van der Waals surface area contributed by atoms with Crippen molar-refractivity contribution in [1.82, 2.24) is 9.80 Å². The van der Waals surface area contributed by atoms with Crippen LogP contribution in [0.25, 0.3) is 0 Å². The number of ether oxygens (including phenoxy) is 1. The van der Waals surface area contributed by atoms with Gasteiger partial charge in [0.05, 0.1) is 6.61 Å². The molecule has 164 valence electrons. The van der Waals surface area contributed by atoms with E-state index in [1.165, 1.54) is 32.4 Å². The fourth-order valence-electron chi connectivity index (χ4n) is 4.95. The zero-order valence-electron chi connectivity index (χ0n) is 18.1. The van der Waals surface area contributed by atoms with Gasteiger partial charge in [-0.2, -0.15) is 0 Å². The van der Waals surface area contributed by atoms with Gasteiger partial charge < -0.3 is 19.4 Å². The number of likely N-dealkylation sites (tertiary alicyclic amines) is 1. The maximum atomic E-state index is 12.7. The molecule has 0 aromatic heterocycles. The Hall–Kier alpha value is -2.08. The highest BCUT2D eigenvalue weighted by Crippen LogP contribution is 2.28. The molecule has 2 saturated heterocycles. The molecule has 0 spiro atoms. The summed E-state index contributed by atoms with van der Waals surface area (Å²) < 4.78 is 5.89. The van der Waals surface area contributed by atoms with Crippen molar-refractivity contribution >= 4 is 17.5 Å².